The lowest BCUT2D eigenvalue weighted by molar-refractivity contribution is -0.130. The van der Waals surface area contributed by atoms with Crippen LogP contribution in [0.2, 0.25) is 0 Å². The Labute approximate surface area is 218 Å². The molecule has 2 saturated heterocycles. The summed E-state index contributed by atoms with van der Waals surface area (Å²) in [7, 11) is 1.68. The highest BCUT2D eigenvalue weighted by molar-refractivity contribution is 5.99. The molecular formula is C30H34N4O3. The van der Waals surface area contributed by atoms with Gasteiger partial charge in [0.05, 0.1) is 38.0 Å². The Morgan fingerprint density at radius 2 is 1.89 bits per heavy atom. The van der Waals surface area contributed by atoms with Gasteiger partial charge >= 0.3 is 0 Å². The topological polar surface area (TPSA) is 59.8 Å². The maximum Gasteiger partial charge on any atom is 0.250 e. The number of piperidine rings is 1. The first kappa shape index (κ1) is 23.8. The summed E-state index contributed by atoms with van der Waals surface area (Å²) >= 11 is 0. The number of carbonyl (C=O) groups excluding carboxylic acids is 1. The van der Waals surface area contributed by atoms with E-state index in [4.69, 9.17) is 9.47 Å². The van der Waals surface area contributed by atoms with Crippen LogP contribution in [0, 0.1) is 6.92 Å². The van der Waals surface area contributed by atoms with Crippen LogP contribution in [0.1, 0.15) is 35.2 Å². The summed E-state index contributed by atoms with van der Waals surface area (Å²) in [5.74, 6) is 0.930. The fourth-order valence-electron chi connectivity index (χ4n) is 5.89. The van der Waals surface area contributed by atoms with Gasteiger partial charge < -0.3 is 23.8 Å². The number of likely N-dealkylation sites (tertiary alicyclic amines) is 1. The van der Waals surface area contributed by atoms with Crippen molar-refractivity contribution in [2.24, 2.45) is 0 Å². The Bertz CT molecular complexity index is 1340. The zero-order chi connectivity index (χ0) is 25.4. The highest BCUT2D eigenvalue weighted by Crippen LogP contribution is 2.33. The largest absolute Gasteiger partial charge is 0.495 e. The molecule has 3 heterocycles. The summed E-state index contributed by atoms with van der Waals surface area (Å²) < 4.78 is 13.1. The fourth-order valence-corrected chi connectivity index (χ4v) is 5.89. The van der Waals surface area contributed by atoms with Gasteiger partial charge in [-0.2, -0.15) is 0 Å². The molecule has 3 aliphatic rings. The van der Waals surface area contributed by atoms with Crippen LogP contribution in [0.25, 0.3) is 11.8 Å². The Balaban J connectivity index is 1.19. The summed E-state index contributed by atoms with van der Waals surface area (Å²) in [6.45, 7) is 6.24. The fraction of sp³-hybridized carbons (Fsp3) is 0.400. The molecular weight excluding hydrogens is 464 g/mol. The first-order chi connectivity index (χ1) is 18.1. The third-order valence-electron chi connectivity index (χ3n) is 7.83. The van der Waals surface area contributed by atoms with Crippen LogP contribution in [-0.2, 0) is 22.4 Å². The highest BCUT2D eigenvalue weighted by atomic mass is 16.5. The number of rotatable bonds is 5. The van der Waals surface area contributed by atoms with Gasteiger partial charge in [-0.25, -0.2) is 4.98 Å². The van der Waals surface area contributed by atoms with Crippen molar-refractivity contribution >= 4 is 17.7 Å². The number of fused-ring (bicyclic) bond motifs is 1. The number of aryl methyl sites for hydroxylation is 1. The van der Waals surface area contributed by atoms with E-state index in [2.05, 4.69) is 33.0 Å². The van der Waals surface area contributed by atoms with Gasteiger partial charge in [-0.1, -0.05) is 12.1 Å². The molecule has 1 aromatic heterocycles. The van der Waals surface area contributed by atoms with Gasteiger partial charge in [-0.3, -0.25) is 4.79 Å². The molecule has 6 rings (SSSR count). The maximum atomic E-state index is 13.6. The minimum Gasteiger partial charge on any atom is -0.495 e. The van der Waals surface area contributed by atoms with E-state index in [0.29, 0.717) is 0 Å². The van der Waals surface area contributed by atoms with Crippen molar-refractivity contribution in [3.8, 4) is 11.4 Å². The minimum atomic E-state index is 0.172. The molecule has 2 aliphatic heterocycles. The molecule has 0 unspecified atom stereocenters. The van der Waals surface area contributed by atoms with Gasteiger partial charge in [0.1, 0.15) is 5.75 Å². The summed E-state index contributed by atoms with van der Waals surface area (Å²) in [6.07, 6.45) is 9.47. The lowest BCUT2D eigenvalue weighted by Gasteiger charge is -2.33. The van der Waals surface area contributed by atoms with Gasteiger partial charge in [0.2, 0.25) is 5.91 Å². The summed E-state index contributed by atoms with van der Waals surface area (Å²) in [4.78, 5) is 22.5. The molecule has 7 heteroatoms. The van der Waals surface area contributed by atoms with E-state index in [1.807, 2.05) is 42.0 Å². The molecule has 3 aromatic rings. The Hall–Kier alpha value is -3.58. The van der Waals surface area contributed by atoms with Crippen LogP contribution in [0.3, 0.4) is 0 Å². The predicted octanol–water partition coefficient (Wildman–Crippen LogP) is 4.20. The second-order valence-corrected chi connectivity index (χ2v) is 10.2. The van der Waals surface area contributed by atoms with Crippen LogP contribution in [-0.4, -0.2) is 66.4 Å². The number of hydrogen-bond donors (Lipinski definition) is 0. The number of methoxy groups -OCH3 is 1. The summed E-state index contributed by atoms with van der Waals surface area (Å²) in [5.41, 5.74) is 7.77. The van der Waals surface area contributed by atoms with Crippen molar-refractivity contribution in [1.82, 2.24) is 14.5 Å². The smallest absolute Gasteiger partial charge is 0.250 e. The molecule has 1 atom stereocenters. The van der Waals surface area contributed by atoms with Crippen molar-refractivity contribution in [3.63, 3.8) is 0 Å². The first-order valence-corrected chi connectivity index (χ1v) is 13.2. The average Bonchev–Trinajstić information content (AvgIpc) is 3.56. The molecule has 0 spiro atoms. The molecule has 37 heavy (non-hydrogen) atoms. The van der Waals surface area contributed by atoms with Crippen LogP contribution in [0.15, 0.2) is 54.5 Å². The van der Waals surface area contributed by atoms with Crippen molar-refractivity contribution < 1.29 is 14.3 Å². The van der Waals surface area contributed by atoms with Crippen molar-refractivity contribution in [2.45, 2.75) is 38.6 Å². The standard InChI is InChI=1S/C30H34N4O3/c1-21-19-33(20-31-21)28-8-5-22(15-29(28)36-2)14-24-4-3-9-34(30(24)35)27-16-23-6-7-26(17-25(23)18-27)32-10-12-37-13-11-32/h5-8,14-15,17,19-20,27H,3-4,9-13,16,18H2,1-2H3/b24-14+/t27-/m1/s1. The van der Waals surface area contributed by atoms with Gasteiger partial charge in [0, 0.05) is 43.1 Å². The molecule has 0 N–H and O–H groups in total. The molecule has 7 nitrogen and oxygen atoms in total. The number of imidazole rings is 1. The molecule has 2 aromatic carbocycles. The lowest BCUT2D eigenvalue weighted by atomic mass is 9.98. The number of hydrogen-bond acceptors (Lipinski definition) is 5. The van der Waals surface area contributed by atoms with Crippen molar-refractivity contribution in [1.29, 1.82) is 0 Å². The number of ether oxygens (including phenoxy) is 2. The van der Waals surface area contributed by atoms with E-state index in [0.717, 1.165) is 86.8 Å². The summed E-state index contributed by atoms with van der Waals surface area (Å²) in [6, 6.07) is 13.1. The number of amides is 1. The van der Waals surface area contributed by atoms with Crippen molar-refractivity contribution in [3.05, 3.63) is 76.9 Å². The van der Waals surface area contributed by atoms with E-state index in [-0.39, 0.29) is 11.9 Å². The molecule has 192 valence electrons. The number of aromatic nitrogens is 2. The van der Waals surface area contributed by atoms with Gasteiger partial charge in [0.15, 0.2) is 0 Å². The summed E-state index contributed by atoms with van der Waals surface area (Å²) in [5, 5.41) is 0. The molecule has 2 fully saturated rings. The third-order valence-corrected chi connectivity index (χ3v) is 7.83. The van der Waals surface area contributed by atoms with Crippen LogP contribution in [0.5, 0.6) is 5.75 Å². The van der Waals surface area contributed by atoms with E-state index in [1.54, 1.807) is 13.4 Å². The van der Waals surface area contributed by atoms with Gasteiger partial charge in [-0.15, -0.1) is 0 Å². The number of benzene rings is 2. The van der Waals surface area contributed by atoms with Gasteiger partial charge in [-0.05, 0) is 79.6 Å². The monoisotopic (exact) mass is 498 g/mol. The number of carbonyl (C=O) groups is 1. The van der Waals surface area contributed by atoms with Gasteiger partial charge in [0.25, 0.3) is 0 Å². The predicted molar refractivity (Wildman–Crippen MR) is 144 cm³/mol. The van der Waals surface area contributed by atoms with Crippen molar-refractivity contribution in [2.75, 3.05) is 44.9 Å². The molecule has 0 bridgehead atoms. The highest BCUT2D eigenvalue weighted by Gasteiger charge is 2.33. The van der Waals surface area contributed by atoms with Crippen LogP contribution >= 0.6 is 0 Å². The number of nitrogens with zero attached hydrogens (tertiary/aromatic N) is 4. The number of morpholine rings is 1. The molecule has 1 aliphatic carbocycles. The quantitative estimate of drug-likeness (QED) is 0.494. The van der Waals surface area contributed by atoms with Crippen LogP contribution in [0.4, 0.5) is 5.69 Å². The second-order valence-electron chi connectivity index (χ2n) is 10.2. The maximum absolute atomic E-state index is 13.6. The van der Waals surface area contributed by atoms with E-state index in [9.17, 15) is 4.79 Å². The Morgan fingerprint density at radius 3 is 2.68 bits per heavy atom. The normalized spacial score (nSPS) is 21.0. The Morgan fingerprint density at radius 1 is 1.05 bits per heavy atom. The number of anilines is 1. The first-order valence-electron chi connectivity index (χ1n) is 13.2. The van der Waals surface area contributed by atoms with E-state index in [1.165, 1.54) is 16.8 Å². The second kappa shape index (κ2) is 10.1. The molecule has 1 amide bonds. The zero-order valence-electron chi connectivity index (χ0n) is 21.7. The average molecular weight is 499 g/mol. The Kier molecular flexibility index (Phi) is 6.47. The molecule has 0 saturated carbocycles. The van der Waals surface area contributed by atoms with Crippen LogP contribution < -0.4 is 9.64 Å². The third kappa shape index (κ3) is 4.76. The van der Waals surface area contributed by atoms with E-state index >= 15 is 0 Å². The lowest BCUT2D eigenvalue weighted by Crippen LogP contribution is -2.44. The molecule has 0 radical (unpaired) electrons. The SMILES string of the molecule is COc1cc(/C=C2\CCCN([C@@H]3Cc4ccc(N5CCOCC5)cc4C3)C2=O)ccc1-n1cnc(C)c1. The minimum absolute atomic E-state index is 0.172. The zero-order valence-corrected chi connectivity index (χ0v) is 21.7. The van der Waals surface area contributed by atoms with E-state index < -0.39 is 0 Å².